The average molecular weight is 181 g/mol. The first-order chi connectivity index (χ1) is 6.27. The van der Waals surface area contributed by atoms with Gasteiger partial charge >= 0.3 is 0 Å². The van der Waals surface area contributed by atoms with Crippen LogP contribution in [0.1, 0.15) is 46.0 Å². The van der Waals surface area contributed by atoms with Crippen LogP contribution >= 0.6 is 0 Å². The highest BCUT2D eigenvalue weighted by Crippen LogP contribution is 2.32. The van der Waals surface area contributed by atoms with Crippen LogP contribution in [-0.2, 0) is 0 Å². The minimum absolute atomic E-state index is 0.823. The highest BCUT2D eigenvalue weighted by molar-refractivity contribution is 4.84. The first kappa shape index (κ1) is 9.51. The van der Waals surface area contributed by atoms with Crippen molar-refractivity contribution in [2.75, 3.05) is 6.54 Å². The van der Waals surface area contributed by atoms with E-state index in [1.54, 1.807) is 0 Å². The van der Waals surface area contributed by atoms with Crippen molar-refractivity contribution in [3.8, 4) is 0 Å². The van der Waals surface area contributed by atoms with Gasteiger partial charge in [0.1, 0.15) is 0 Å². The third-order valence-corrected chi connectivity index (χ3v) is 4.07. The Morgan fingerprint density at radius 3 is 2.54 bits per heavy atom. The van der Waals surface area contributed by atoms with Crippen molar-refractivity contribution < 1.29 is 0 Å². The first-order valence-electron chi connectivity index (χ1n) is 6.00. The molecule has 1 N–H and O–H groups in total. The monoisotopic (exact) mass is 181 g/mol. The van der Waals surface area contributed by atoms with Crippen molar-refractivity contribution in [2.24, 2.45) is 17.8 Å². The topological polar surface area (TPSA) is 12.0 Å². The fraction of sp³-hybridized carbons (Fsp3) is 1.00. The van der Waals surface area contributed by atoms with Gasteiger partial charge in [0, 0.05) is 6.04 Å². The molecule has 0 saturated heterocycles. The lowest BCUT2D eigenvalue weighted by Crippen LogP contribution is -2.41. The van der Waals surface area contributed by atoms with Gasteiger partial charge in [0.25, 0.3) is 0 Å². The number of hydrogen-bond donors (Lipinski definition) is 1. The van der Waals surface area contributed by atoms with Crippen LogP contribution in [-0.4, -0.2) is 12.6 Å². The Balaban J connectivity index is 1.75. The summed E-state index contributed by atoms with van der Waals surface area (Å²) in [4.78, 5) is 0. The summed E-state index contributed by atoms with van der Waals surface area (Å²) < 4.78 is 0. The highest BCUT2D eigenvalue weighted by Gasteiger charge is 2.28. The van der Waals surface area contributed by atoms with E-state index in [4.69, 9.17) is 0 Å². The van der Waals surface area contributed by atoms with Crippen LogP contribution in [0.5, 0.6) is 0 Å². The third-order valence-electron chi connectivity index (χ3n) is 4.07. The quantitative estimate of drug-likeness (QED) is 0.706. The van der Waals surface area contributed by atoms with Crippen molar-refractivity contribution in [1.82, 2.24) is 5.32 Å². The Morgan fingerprint density at radius 2 is 1.85 bits per heavy atom. The first-order valence-corrected chi connectivity index (χ1v) is 6.00. The van der Waals surface area contributed by atoms with Gasteiger partial charge in [0.15, 0.2) is 0 Å². The van der Waals surface area contributed by atoms with Crippen LogP contribution in [0, 0.1) is 17.8 Å². The molecule has 2 rings (SSSR count). The number of rotatable bonds is 3. The fourth-order valence-corrected chi connectivity index (χ4v) is 2.51. The molecular weight excluding hydrogens is 158 g/mol. The largest absolute Gasteiger partial charge is 0.313 e. The zero-order chi connectivity index (χ0) is 9.26. The van der Waals surface area contributed by atoms with E-state index in [0.29, 0.717) is 0 Å². The molecule has 0 heterocycles. The highest BCUT2D eigenvalue weighted by atomic mass is 14.9. The molecule has 13 heavy (non-hydrogen) atoms. The van der Waals surface area contributed by atoms with E-state index < -0.39 is 0 Å². The molecule has 0 unspecified atom stereocenters. The van der Waals surface area contributed by atoms with Gasteiger partial charge in [-0.15, -0.1) is 0 Å². The summed E-state index contributed by atoms with van der Waals surface area (Å²) in [7, 11) is 0. The van der Waals surface area contributed by atoms with E-state index in [-0.39, 0.29) is 0 Å². The molecule has 0 aliphatic heterocycles. The molecule has 2 fully saturated rings. The summed E-state index contributed by atoms with van der Waals surface area (Å²) in [6.07, 6.45) is 7.25. The zero-order valence-electron chi connectivity index (χ0n) is 9.05. The molecule has 2 saturated carbocycles. The number of nitrogens with one attached hydrogen (secondary N) is 1. The second-order valence-electron chi connectivity index (χ2n) is 5.23. The van der Waals surface area contributed by atoms with Gasteiger partial charge in [-0.25, -0.2) is 0 Å². The maximum absolute atomic E-state index is 3.76. The Labute approximate surface area is 82.3 Å². The minimum atomic E-state index is 0.823. The summed E-state index contributed by atoms with van der Waals surface area (Å²) in [6.45, 7) is 6.13. The van der Waals surface area contributed by atoms with Crippen molar-refractivity contribution >= 4 is 0 Å². The normalized spacial score (nSPS) is 40.6. The van der Waals surface area contributed by atoms with Crippen LogP contribution in [0.25, 0.3) is 0 Å². The van der Waals surface area contributed by atoms with Gasteiger partial charge in [-0.1, -0.05) is 26.7 Å². The average Bonchev–Trinajstić information content (AvgIpc) is 2.91. The van der Waals surface area contributed by atoms with E-state index in [9.17, 15) is 0 Å². The van der Waals surface area contributed by atoms with Gasteiger partial charge in [0.2, 0.25) is 0 Å². The predicted octanol–water partition coefficient (Wildman–Crippen LogP) is 2.81. The molecule has 0 radical (unpaired) electrons. The molecule has 0 spiro atoms. The molecule has 1 nitrogen and oxygen atoms in total. The van der Waals surface area contributed by atoms with Crippen molar-refractivity contribution in [3.05, 3.63) is 0 Å². The van der Waals surface area contributed by atoms with Gasteiger partial charge < -0.3 is 5.32 Å². The Kier molecular flexibility index (Phi) is 2.92. The second kappa shape index (κ2) is 4.00. The lowest BCUT2D eigenvalue weighted by Gasteiger charge is -2.34. The maximum Gasteiger partial charge on any atom is 0.00953 e. The maximum atomic E-state index is 3.76. The molecule has 0 aromatic heterocycles. The van der Waals surface area contributed by atoms with Crippen LogP contribution in [0.15, 0.2) is 0 Å². The Bertz CT molecular complexity index is 163. The van der Waals surface area contributed by atoms with E-state index in [1.165, 1.54) is 38.6 Å². The molecule has 2 aliphatic carbocycles. The van der Waals surface area contributed by atoms with Gasteiger partial charge in [-0.2, -0.15) is 0 Å². The fourth-order valence-electron chi connectivity index (χ4n) is 2.51. The van der Waals surface area contributed by atoms with Gasteiger partial charge in [0.05, 0.1) is 0 Å². The third kappa shape index (κ3) is 2.46. The summed E-state index contributed by atoms with van der Waals surface area (Å²) in [6, 6.07) is 0.823. The van der Waals surface area contributed by atoms with E-state index in [2.05, 4.69) is 19.2 Å². The molecule has 0 amide bonds. The molecule has 0 aromatic carbocycles. The second-order valence-corrected chi connectivity index (χ2v) is 5.23. The van der Waals surface area contributed by atoms with E-state index in [1.807, 2.05) is 0 Å². The van der Waals surface area contributed by atoms with Crippen LogP contribution < -0.4 is 5.32 Å². The zero-order valence-corrected chi connectivity index (χ0v) is 9.05. The summed E-state index contributed by atoms with van der Waals surface area (Å²) in [5.74, 6) is 2.86. The summed E-state index contributed by atoms with van der Waals surface area (Å²) in [5.41, 5.74) is 0. The summed E-state index contributed by atoms with van der Waals surface area (Å²) in [5, 5.41) is 3.76. The Morgan fingerprint density at radius 1 is 1.08 bits per heavy atom. The van der Waals surface area contributed by atoms with E-state index in [0.717, 1.165) is 23.8 Å². The van der Waals surface area contributed by atoms with Crippen molar-refractivity contribution in [3.63, 3.8) is 0 Å². The predicted molar refractivity (Wildman–Crippen MR) is 56.7 cm³/mol. The molecule has 76 valence electrons. The molecule has 3 atom stereocenters. The molecule has 2 aliphatic rings. The molecule has 0 aromatic rings. The lowest BCUT2D eigenvalue weighted by atomic mass is 9.78. The Hall–Kier alpha value is -0.0400. The standard InChI is InChI=1S/C12H23N/c1-9-4-3-5-12(10(9)2)13-8-11-6-7-11/h9-13H,3-8H2,1-2H3/t9-,10+,12-/m1/s1. The molecule has 1 heteroatoms. The van der Waals surface area contributed by atoms with E-state index >= 15 is 0 Å². The smallest absolute Gasteiger partial charge is 0.00953 e. The SMILES string of the molecule is C[C@H]1[C@H](C)CCC[C@H]1NCC1CC1. The molecule has 0 bridgehead atoms. The van der Waals surface area contributed by atoms with Crippen molar-refractivity contribution in [1.29, 1.82) is 0 Å². The number of hydrogen-bond acceptors (Lipinski definition) is 1. The summed E-state index contributed by atoms with van der Waals surface area (Å²) >= 11 is 0. The lowest BCUT2D eigenvalue weighted by molar-refractivity contribution is 0.206. The van der Waals surface area contributed by atoms with Crippen LogP contribution in [0.3, 0.4) is 0 Å². The van der Waals surface area contributed by atoms with Crippen LogP contribution in [0.2, 0.25) is 0 Å². The minimum Gasteiger partial charge on any atom is -0.313 e. The van der Waals surface area contributed by atoms with Crippen LogP contribution in [0.4, 0.5) is 0 Å². The molecular formula is C12H23N. The van der Waals surface area contributed by atoms with Gasteiger partial charge in [-0.3, -0.25) is 0 Å². The van der Waals surface area contributed by atoms with Crippen molar-refractivity contribution in [2.45, 2.75) is 52.0 Å². The van der Waals surface area contributed by atoms with Gasteiger partial charge in [-0.05, 0) is 43.6 Å².